The third-order valence-corrected chi connectivity index (χ3v) is 3.57. The molecule has 19 heavy (non-hydrogen) atoms. The van der Waals surface area contributed by atoms with Crippen molar-refractivity contribution in [3.05, 3.63) is 35.9 Å². The van der Waals surface area contributed by atoms with Crippen molar-refractivity contribution in [2.45, 2.75) is 53.2 Å². The average molecular weight is 264 g/mol. The van der Waals surface area contributed by atoms with Gasteiger partial charge in [0.1, 0.15) is 0 Å². The fourth-order valence-electron chi connectivity index (χ4n) is 1.96. The largest absolute Gasteiger partial charge is 0.379 e. The van der Waals surface area contributed by atoms with Crippen molar-refractivity contribution < 1.29 is 9.47 Å². The predicted molar refractivity (Wildman–Crippen MR) is 80.2 cm³/mol. The van der Waals surface area contributed by atoms with Gasteiger partial charge >= 0.3 is 0 Å². The molecule has 0 aliphatic carbocycles. The van der Waals surface area contributed by atoms with Crippen molar-refractivity contribution in [1.29, 1.82) is 0 Å². The number of rotatable bonds is 9. The molecule has 0 heterocycles. The van der Waals surface area contributed by atoms with E-state index in [0.717, 1.165) is 19.4 Å². The Bertz CT molecular complexity index is 332. The molecule has 0 aliphatic heterocycles. The molecular formula is C17H28O2. The van der Waals surface area contributed by atoms with Crippen LogP contribution in [0, 0.1) is 5.41 Å². The average Bonchev–Trinajstić information content (AvgIpc) is 2.43. The van der Waals surface area contributed by atoms with Crippen molar-refractivity contribution in [3.8, 4) is 0 Å². The maximum Gasteiger partial charge on any atom is 0.0818 e. The number of benzene rings is 1. The molecule has 0 saturated heterocycles. The first-order valence-electron chi connectivity index (χ1n) is 7.30. The molecule has 0 bridgehead atoms. The zero-order valence-electron chi connectivity index (χ0n) is 12.8. The molecule has 0 radical (unpaired) electrons. The van der Waals surface area contributed by atoms with E-state index in [0.29, 0.717) is 18.6 Å². The van der Waals surface area contributed by atoms with Crippen molar-refractivity contribution in [2.24, 2.45) is 5.41 Å². The first-order chi connectivity index (χ1) is 9.07. The number of ether oxygens (including phenoxy) is 2. The van der Waals surface area contributed by atoms with Gasteiger partial charge in [-0.3, -0.25) is 0 Å². The summed E-state index contributed by atoms with van der Waals surface area (Å²) in [5.41, 5.74) is 1.52. The zero-order valence-corrected chi connectivity index (χ0v) is 12.8. The van der Waals surface area contributed by atoms with Gasteiger partial charge in [-0.2, -0.15) is 0 Å². The summed E-state index contributed by atoms with van der Waals surface area (Å²) in [4.78, 5) is 0. The van der Waals surface area contributed by atoms with Gasteiger partial charge in [0.15, 0.2) is 0 Å². The second-order valence-electron chi connectivity index (χ2n) is 5.80. The number of hydrogen-bond acceptors (Lipinski definition) is 2. The van der Waals surface area contributed by atoms with E-state index in [9.17, 15) is 0 Å². The standard InChI is InChI=1S/C17H28O2/c1-5-17(3,4)12-16(14-18-6-2)19-13-15-10-8-7-9-11-15/h7-11,16H,5-6,12-14H2,1-4H3. The van der Waals surface area contributed by atoms with Gasteiger partial charge in [0, 0.05) is 6.61 Å². The van der Waals surface area contributed by atoms with Crippen molar-refractivity contribution in [1.82, 2.24) is 0 Å². The predicted octanol–water partition coefficient (Wildman–Crippen LogP) is 4.43. The Morgan fingerprint density at radius 3 is 2.37 bits per heavy atom. The SMILES string of the molecule is CCOCC(CC(C)(C)CC)OCc1ccccc1. The van der Waals surface area contributed by atoms with Gasteiger partial charge in [0.05, 0.1) is 19.3 Å². The summed E-state index contributed by atoms with van der Waals surface area (Å²) in [6.45, 7) is 10.9. The first-order valence-corrected chi connectivity index (χ1v) is 7.30. The molecule has 2 nitrogen and oxygen atoms in total. The Morgan fingerprint density at radius 2 is 1.79 bits per heavy atom. The summed E-state index contributed by atoms with van der Waals surface area (Å²) in [6.07, 6.45) is 2.37. The molecule has 0 N–H and O–H groups in total. The molecule has 0 amide bonds. The van der Waals surface area contributed by atoms with E-state index in [1.807, 2.05) is 25.1 Å². The van der Waals surface area contributed by atoms with Gasteiger partial charge < -0.3 is 9.47 Å². The van der Waals surface area contributed by atoms with Crippen LogP contribution in [0.25, 0.3) is 0 Å². The zero-order chi connectivity index (χ0) is 14.1. The Kier molecular flexibility index (Phi) is 7.11. The summed E-state index contributed by atoms with van der Waals surface area (Å²) in [6, 6.07) is 10.3. The van der Waals surface area contributed by atoms with Crippen LogP contribution in [0.2, 0.25) is 0 Å². The molecule has 0 aromatic heterocycles. The second kappa shape index (κ2) is 8.34. The molecule has 0 fully saturated rings. The highest BCUT2D eigenvalue weighted by Crippen LogP contribution is 2.27. The van der Waals surface area contributed by atoms with Crippen LogP contribution in [0.15, 0.2) is 30.3 Å². The van der Waals surface area contributed by atoms with Gasteiger partial charge in [-0.1, -0.05) is 57.5 Å². The Labute approximate surface area is 118 Å². The third-order valence-electron chi connectivity index (χ3n) is 3.57. The van der Waals surface area contributed by atoms with E-state index < -0.39 is 0 Å². The summed E-state index contributed by atoms with van der Waals surface area (Å²) in [7, 11) is 0. The molecule has 108 valence electrons. The quantitative estimate of drug-likeness (QED) is 0.656. The van der Waals surface area contributed by atoms with Gasteiger partial charge in [-0.05, 0) is 24.3 Å². The van der Waals surface area contributed by atoms with Crippen LogP contribution in [0.5, 0.6) is 0 Å². The van der Waals surface area contributed by atoms with Crippen LogP contribution in [-0.4, -0.2) is 19.3 Å². The van der Waals surface area contributed by atoms with Crippen LogP contribution in [0.3, 0.4) is 0 Å². The van der Waals surface area contributed by atoms with Crippen LogP contribution in [0.4, 0.5) is 0 Å². The molecule has 1 aromatic carbocycles. The van der Waals surface area contributed by atoms with Crippen LogP contribution in [0.1, 0.15) is 46.1 Å². The lowest BCUT2D eigenvalue weighted by Gasteiger charge is -2.28. The first kappa shape index (κ1) is 16.2. The summed E-state index contributed by atoms with van der Waals surface area (Å²) in [5.74, 6) is 0. The summed E-state index contributed by atoms with van der Waals surface area (Å²) < 4.78 is 11.6. The maximum absolute atomic E-state index is 6.04. The highest BCUT2D eigenvalue weighted by molar-refractivity contribution is 5.13. The molecule has 1 unspecified atom stereocenters. The second-order valence-corrected chi connectivity index (χ2v) is 5.80. The highest BCUT2D eigenvalue weighted by atomic mass is 16.5. The van der Waals surface area contributed by atoms with E-state index in [1.165, 1.54) is 5.56 Å². The lowest BCUT2D eigenvalue weighted by atomic mass is 9.84. The van der Waals surface area contributed by atoms with Crippen molar-refractivity contribution in [3.63, 3.8) is 0 Å². The lowest BCUT2D eigenvalue weighted by Crippen LogP contribution is -2.27. The van der Waals surface area contributed by atoms with E-state index in [1.54, 1.807) is 0 Å². The number of hydrogen-bond donors (Lipinski definition) is 0. The van der Waals surface area contributed by atoms with Crippen molar-refractivity contribution >= 4 is 0 Å². The molecule has 0 saturated carbocycles. The Morgan fingerprint density at radius 1 is 1.11 bits per heavy atom. The van der Waals surface area contributed by atoms with E-state index in [-0.39, 0.29) is 6.10 Å². The molecule has 1 atom stereocenters. The molecule has 1 rings (SSSR count). The fraction of sp³-hybridized carbons (Fsp3) is 0.647. The topological polar surface area (TPSA) is 18.5 Å². The summed E-state index contributed by atoms with van der Waals surface area (Å²) in [5, 5.41) is 0. The van der Waals surface area contributed by atoms with Crippen LogP contribution in [-0.2, 0) is 16.1 Å². The van der Waals surface area contributed by atoms with E-state index in [2.05, 4.69) is 32.9 Å². The molecule has 2 heteroatoms. The Balaban J connectivity index is 2.49. The fourth-order valence-corrected chi connectivity index (χ4v) is 1.96. The van der Waals surface area contributed by atoms with Gasteiger partial charge in [0.2, 0.25) is 0 Å². The molecule has 0 spiro atoms. The minimum atomic E-state index is 0.176. The minimum absolute atomic E-state index is 0.176. The smallest absolute Gasteiger partial charge is 0.0818 e. The monoisotopic (exact) mass is 264 g/mol. The van der Waals surface area contributed by atoms with Gasteiger partial charge in [-0.15, -0.1) is 0 Å². The molecular weight excluding hydrogens is 236 g/mol. The van der Waals surface area contributed by atoms with Crippen molar-refractivity contribution in [2.75, 3.05) is 13.2 Å². The van der Waals surface area contributed by atoms with Gasteiger partial charge in [0.25, 0.3) is 0 Å². The third kappa shape index (κ3) is 6.74. The van der Waals surface area contributed by atoms with E-state index >= 15 is 0 Å². The van der Waals surface area contributed by atoms with Gasteiger partial charge in [-0.25, -0.2) is 0 Å². The lowest BCUT2D eigenvalue weighted by molar-refractivity contribution is -0.0425. The minimum Gasteiger partial charge on any atom is -0.379 e. The summed E-state index contributed by atoms with van der Waals surface area (Å²) >= 11 is 0. The maximum atomic E-state index is 6.04. The highest BCUT2D eigenvalue weighted by Gasteiger charge is 2.22. The normalized spacial score (nSPS) is 13.5. The molecule has 0 aliphatic rings. The molecule has 1 aromatic rings. The Hall–Kier alpha value is -0.860. The van der Waals surface area contributed by atoms with Crippen LogP contribution < -0.4 is 0 Å². The van der Waals surface area contributed by atoms with Crippen LogP contribution >= 0.6 is 0 Å². The van der Waals surface area contributed by atoms with E-state index in [4.69, 9.17) is 9.47 Å².